The summed E-state index contributed by atoms with van der Waals surface area (Å²) in [5.74, 6) is 0.363. The number of para-hydroxylation sites is 1. The third kappa shape index (κ3) is 4.10. The molecule has 0 fully saturated rings. The number of halogens is 1. The molecule has 0 saturated carbocycles. The standard InChI is InChI=1S/C15H11IO3/c16-12-6-8-13(9-7-12)19-14-4-2-1-3-11(14)5-10-15(17)18/h1-10H,(H,17,18)/b10-5+. The Hall–Kier alpha value is -1.82. The number of carboxylic acids is 1. The van der Waals surface area contributed by atoms with Crippen LogP contribution in [0, 0.1) is 3.57 Å². The van der Waals surface area contributed by atoms with Gasteiger partial charge in [-0.2, -0.15) is 0 Å². The molecule has 0 aliphatic heterocycles. The molecule has 0 atom stereocenters. The number of benzene rings is 2. The van der Waals surface area contributed by atoms with Crippen molar-refractivity contribution in [2.45, 2.75) is 0 Å². The summed E-state index contributed by atoms with van der Waals surface area (Å²) in [7, 11) is 0. The van der Waals surface area contributed by atoms with Crippen molar-refractivity contribution in [1.82, 2.24) is 0 Å². The number of rotatable bonds is 4. The van der Waals surface area contributed by atoms with Crippen LogP contribution in [0.15, 0.2) is 54.6 Å². The van der Waals surface area contributed by atoms with Gasteiger partial charge in [-0.1, -0.05) is 18.2 Å². The molecule has 0 heterocycles. The predicted molar refractivity (Wildman–Crippen MR) is 82.3 cm³/mol. The number of hydrogen-bond acceptors (Lipinski definition) is 2. The molecule has 96 valence electrons. The van der Waals surface area contributed by atoms with Crippen LogP contribution in [0.1, 0.15) is 5.56 Å². The second kappa shape index (κ2) is 6.38. The lowest BCUT2D eigenvalue weighted by Gasteiger charge is -2.08. The molecule has 0 aliphatic rings. The summed E-state index contributed by atoms with van der Waals surface area (Å²) in [6.07, 6.45) is 2.61. The van der Waals surface area contributed by atoms with Crippen molar-refractivity contribution in [1.29, 1.82) is 0 Å². The molecule has 2 rings (SSSR count). The summed E-state index contributed by atoms with van der Waals surface area (Å²) in [6, 6.07) is 14.9. The van der Waals surface area contributed by atoms with Gasteiger partial charge in [0, 0.05) is 15.2 Å². The van der Waals surface area contributed by atoms with E-state index in [-0.39, 0.29) is 0 Å². The normalized spacial score (nSPS) is 10.6. The van der Waals surface area contributed by atoms with Crippen molar-refractivity contribution in [3.63, 3.8) is 0 Å². The molecule has 0 spiro atoms. The fourth-order valence-corrected chi connectivity index (χ4v) is 1.86. The van der Waals surface area contributed by atoms with Crippen LogP contribution >= 0.6 is 22.6 Å². The molecule has 2 aromatic rings. The van der Waals surface area contributed by atoms with Crippen molar-refractivity contribution in [3.8, 4) is 11.5 Å². The van der Waals surface area contributed by atoms with Gasteiger partial charge in [0.2, 0.25) is 0 Å². The van der Waals surface area contributed by atoms with Crippen LogP contribution in [0.3, 0.4) is 0 Å². The molecule has 3 nitrogen and oxygen atoms in total. The van der Waals surface area contributed by atoms with E-state index in [2.05, 4.69) is 22.6 Å². The van der Waals surface area contributed by atoms with Crippen LogP contribution in [0.4, 0.5) is 0 Å². The van der Waals surface area contributed by atoms with E-state index in [1.165, 1.54) is 6.08 Å². The van der Waals surface area contributed by atoms with Gasteiger partial charge in [-0.15, -0.1) is 0 Å². The van der Waals surface area contributed by atoms with Gasteiger partial charge in [0.25, 0.3) is 0 Å². The number of carboxylic acid groups (broad SMARTS) is 1. The number of aliphatic carboxylic acids is 1. The molecule has 0 saturated heterocycles. The molecule has 0 radical (unpaired) electrons. The molecule has 0 unspecified atom stereocenters. The van der Waals surface area contributed by atoms with Crippen LogP contribution in [0.2, 0.25) is 0 Å². The third-order valence-corrected chi connectivity index (χ3v) is 3.09. The SMILES string of the molecule is O=C(O)/C=C/c1ccccc1Oc1ccc(I)cc1. The van der Waals surface area contributed by atoms with E-state index in [4.69, 9.17) is 9.84 Å². The van der Waals surface area contributed by atoms with E-state index >= 15 is 0 Å². The summed E-state index contributed by atoms with van der Waals surface area (Å²) in [4.78, 5) is 10.6. The molecule has 19 heavy (non-hydrogen) atoms. The zero-order valence-corrected chi connectivity index (χ0v) is 12.1. The van der Waals surface area contributed by atoms with E-state index in [0.29, 0.717) is 5.75 Å². The number of ether oxygens (including phenoxy) is 1. The van der Waals surface area contributed by atoms with Gasteiger partial charge < -0.3 is 9.84 Å². The maximum Gasteiger partial charge on any atom is 0.328 e. The molecular weight excluding hydrogens is 355 g/mol. The van der Waals surface area contributed by atoms with Gasteiger partial charge in [-0.25, -0.2) is 4.79 Å². The van der Waals surface area contributed by atoms with Gasteiger partial charge >= 0.3 is 5.97 Å². The highest BCUT2D eigenvalue weighted by atomic mass is 127. The smallest absolute Gasteiger partial charge is 0.328 e. The van der Waals surface area contributed by atoms with Crippen LogP contribution in [0.25, 0.3) is 6.08 Å². The quantitative estimate of drug-likeness (QED) is 0.652. The van der Waals surface area contributed by atoms with Crippen molar-refractivity contribution in [2.75, 3.05) is 0 Å². The van der Waals surface area contributed by atoms with E-state index in [9.17, 15) is 4.79 Å². The molecule has 0 amide bonds. The number of carbonyl (C=O) groups is 1. The Morgan fingerprint density at radius 2 is 1.79 bits per heavy atom. The van der Waals surface area contributed by atoms with Crippen molar-refractivity contribution in [3.05, 3.63) is 63.7 Å². The van der Waals surface area contributed by atoms with E-state index in [1.54, 1.807) is 6.07 Å². The average molecular weight is 366 g/mol. The minimum Gasteiger partial charge on any atom is -0.478 e. The molecule has 0 bridgehead atoms. The van der Waals surface area contributed by atoms with E-state index in [0.717, 1.165) is 21.0 Å². The Bertz CT molecular complexity index is 603. The molecule has 2 aromatic carbocycles. The lowest BCUT2D eigenvalue weighted by atomic mass is 10.2. The predicted octanol–water partition coefficient (Wildman–Crippen LogP) is 4.18. The second-order valence-corrected chi connectivity index (χ2v) is 5.01. The molecule has 1 N–H and O–H groups in total. The molecule has 0 aromatic heterocycles. The van der Waals surface area contributed by atoms with Crippen LogP contribution in [-0.2, 0) is 4.79 Å². The van der Waals surface area contributed by atoms with Crippen LogP contribution in [0.5, 0.6) is 11.5 Å². The fourth-order valence-electron chi connectivity index (χ4n) is 1.50. The van der Waals surface area contributed by atoms with Gasteiger partial charge in [0.15, 0.2) is 0 Å². The molecule has 0 aliphatic carbocycles. The van der Waals surface area contributed by atoms with Crippen molar-refractivity contribution < 1.29 is 14.6 Å². The van der Waals surface area contributed by atoms with E-state index < -0.39 is 5.97 Å². The van der Waals surface area contributed by atoms with Gasteiger partial charge in [0.1, 0.15) is 11.5 Å². The van der Waals surface area contributed by atoms with Crippen molar-refractivity contribution >= 4 is 34.6 Å². The first kappa shape index (κ1) is 13.6. The summed E-state index contributed by atoms with van der Waals surface area (Å²) in [5.41, 5.74) is 0.725. The Kier molecular flexibility index (Phi) is 4.57. The summed E-state index contributed by atoms with van der Waals surface area (Å²) in [6.45, 7) is 0. The molecule has 4 heteroatoms. The zero-order chi connectivity index (χ0) is 13.7. The Balaban J connectivity index is 2.24. The summed E-state index contributed by atoms with van der Waals surface area (Å²) < 4.78 is 6.88. The second-order valence-electron chi connectivity index (χ2n) is 3.77. The summed E-state index contributed by atoms with van der Waals surface area (Å²) in [5, 5.41) is 8.66. The number of hydrogen-bond donors (Lipinski definition) is 1. The third-order valence-electron chi connectivity index (χ3n) is 2.37. The monoisotopic (exact) mass is 366 g/mol. The van der Waals surface area contributed by atoms with Gasteiger partial charge in [0.05, 0.1) is 0 Å². The topological polar surface area (TPSA) is 46.5 Å². The summed E-state index contributed by atoms with van der Waals surface area (Å²) >= 11 is 2.22. The Morgan fingerprint density at radius 1 is 1.11 bits per heavy atom. The Morgan fingerprint density at radius 3 is 2.47 bits per heavy atom. The van der Waals surface area contributed by atoms with E-state index in [1.807, 2.05) is 42.5 Å². The highest BCUT2D eigenvalue weighted by Gasteiger charge is 2.02. The lowest BCUT2D eigenvalue weighted by molar-refractivity contribution is -0.131. The zero-order valence-electron chi connectivity index (χ0n) is 9.92. The minimum absolute atomic E-state index is 0.626. The average Bonchev–Trinajstić information content (AvgIpc) is 2.40. The van der Waals surface area contributed by atoms with Crippen LogP contribution in [-0.4, -0.2) is 11.1 Å². The molecular formula is C15H11IO3. The van der Waals surface area contributed by atoms with Crippen molar-refractivity contribution in [2.24, 2.45) is 0 Å². The van der Waals surface area contributed by atoms with Crippen LogP contribution < -0.4 is 4.74 Å². The largest absolute Gasteiger partial charge is 0.478 e. The first-order chi connectivity index (χ1) is 9.15. The minimum atomic E-state index is -0.982. The first-order valence-electron chi connectivity index (χ1n) is 5.58. The maximum absolute atomic E-state index is 10.6. The van der Waals surface area contributed by atoms with Gasteiger partial charge in [-0.3, -0.25) is 0 Å². The lowest BCUT2D eigenvalue weighted by Crippen LogP contribution is -1.89. The maximum atomic E-state index is 10.6. The highest BCUT2D eigenvalue weighted by molar-refractivity contribution is 14.1. The highest BCUT2D eigenvalue weighted by Crippen LogP contribution is 2.26. The Labute approximate surface area is 124 Å². The fraction of sp³-hybridized carbons (Fsp3) is 0. The first-order valence-corrected chi connectivity index (χ1v) is 6.66. The van der Waals surface area contributed by atoms with Gasteiger partial charge in [-0.05, 0) is 59.0 Å².